The second kappa shape index (κ2) is 6.56. The molecule has 5 nitrogen and oxygen atoms in total. The molecule has 0 aliphatic rings. The van der Waals surface area contributed by atoms with Crippen molar-refractivity contribution in [1.82, 2.24) is 5.32 Å². The molecule has 0 saturated carbocycles. The molecule has 0 bridgehead atoms. The van der Waals surface area contributed by atoms with Crippen LogP contribution in [0.1, 0.15) is 31.9 Å². The van der Waals surface area contributed by atoms with Crippen molar-refractivity contribution in [2.45, 2.75) is 45.8 Å². The molecule has 6 heteroatoms. The number of aliphatic carboxylic acids is 1. The molecule has 1 amide bonds. The van der Waals surface area contributed by atoms with Crippen LogP contribution >= 0.6 is 0 Å². The van der Waals surface area contributed by atoms with Crippen molar-refractivity contribution in [1.29, 1.82) is 0 Å². The number of carbonyl (C=O) groups excluding carboxylic acids is 1. The fraction of sp³-hybridized carbons (Fsp3) is 0.467. The van der Waals surface area contributed by atoms with E-state index in [2.05, 4.69) is 5.32 Å². The summed E-state index contributed by atoms with van der Waals surface area (Å²) in [6, 6.07) is 3.47. The van der Waals surface area contributed by atoms with Crippen molar-refractivity contribution in [3.63, 3.8) is 0 Å². The molecule has 1 rings (SSSR count). The minimum absolute atomic E-state index is 0.151. The van der Waals surface area contributed by atoms with Crippen molar-refractivity contribution < 1.29 is 23.8 Å². The number of carboxylic acids is 1. The summed E-state index contributed by atoms with van der Waals surface area (Å²) in [6.45, 7) is 6.60. The minimum Gasteiger partial charge on any atom is -0.480 e. The van der Waals surface area contributed by atoms with Gasteiger partial charge in [-0.25, -0.2) is 14.0 Å². The molecule has 0 radical (unpaired) electrons. The molecule has 0 fully saturated rings. The van der Waals surface area contributed by atoms with Gasteiger partial charge in [0, 0.05) is 6.42 Å². The second-order valence-corrected chi connectivity index (χ2v) is 5.79. The fourth-order valence-corrected chi connectivity index (χ4v) is 1.74. The zero-order valence-electron chi connectivity index (χ0n) is 12.6. The van der Waals surface area contributed by atoms with E-state index in [1.54, 1.807) is 39.8 Å². The second-order valence-electron chi connectivity index (χ2n) is 5.79. The zero-order chi connectivity index (χ0) is 16.2. The number of aryl methyl sites for hydroxylation is 1. The lowest BCUT2D eigenvalue weighted by atomic mass is 10.0. The minimum atomic E-state index is -1.25. The summed E-state index contributed by atoms with van der Waals surface area (Å²) < 4.78 is 18.9. The fourth-order valence-electron chi connectivity index (χ4n) is 1.74. The summed E-state index contributed by atoms with van der Waals surface area (Å²) in [5.41, 5.74) is -0.0748. The number of alkyl carbamates (subject to hydrolysis) is 1. The van der Waals surface area contributed by atoms with Crippen LogP contribution < -0.4 is 5.32 Å². The van der Waals surface area contributed by atoms with Gasteiger partial charge in [-0.2, -0.15) is 0 Å². The first-order valence-electron chi connectivity index (χ1n) is 6.56. The molecule has 116 valence electrons. The molecule has 2 N–H and O–H groups in total. The maximum atomic E-state index is 13.9. The monoisotopic (exact) mass is 297 g/mol. The molecule has 0 spiro atoms. The number of carbonyl (C=O) groups is 2. The summed E-state index contributed by atoms with van der Waals surface area (Å²) in [7, 11) is 0. The van der Waals surface area contributed by atoms with Crippen LogP contribution in [0.15, 0.2) is 18.2 Å². The highest BCUT2D eigenvalue weighted by atomic mass is 19.1. The van der Waals surface area contributed by atoms with Crippen molar-refractivity contribution in [3.05, 3.63) is 35.1 Å². The Labute approximate surface area is 123 Å². The highest BCUT2D eigenvalue weighted by Gasteiger charge is 2.25. The van der Waals surface area contributed by atoms with Crippen LogP contribution in [0.5, 0.6) is 0 Å². The highest BCUT2D eigenvalue weighted by Crippen LogP contribution is 2.14. The Morgan fingerprint density at radius 1 is 1.38 bits per heavy atom. The SMILES string of the molecule is Cc1cccc(CC(NC(=O)OC(C)(C)C)C(=O)O)c1F. The van der Waals surface area contributed by atoms with E-state index in [0.717, 1.165) is 0 Å². The largest absolute Gasteiger partial charge is 0.480 e. The van der Waals surface area contributed by atoms with Gasteiger partial charge in [0.25, 0.3) is 0 Å². The number of hydrogen-bond donors (Lipinski definition) is 2. The van der Waals surface area contributed by atoms with Crippen molar-refractivity contribution in [2.75, 3.05) is 0 Å². The van der Waals surface area contributed by atoms with Gasteiger partial charge in [0.1, 0.15) is 17.5 Å². The number of halogens is 1. The van der Waals surface area contributed by atoms with Gasteiger partial charge in [0.2, 0.25) is 0 Å². The van der Waals surface area contributed by atoms with E-state index in [9.17, 15) is 14.0 Å². The summed E-state index contributed by atoms with van der Waals surface area (Å²) in [5.74, 6) is -1.71. The normalized spacial score (nSPS) is 12.6. The van der Waals surface area contributed by atoms with E-state index in [-0.39, 0.29) is 12.0 Å². The highest BCUT2D eigenvalue weighted by molar-refractivity contribution is 5.80. The molecule has 21 heavy (non-hydrogen) atoms. The lowest BCUT2D eigenvalue weighted by Gasteiger charge is -2.22. The Kier molecular flexibility index (Phi) is 5.29. The maximum Gasteiger partial charge on any atom is 0.408 e. The summed E-state index contributed by atoms with van der Waals surface area (Å²) >= 11 is 0. The van der Waals surface area contributed by atoms with Crippen molar-refractivity contribution in [2.24, 2.45) is 0 Å². The topological polar surface area (TPSA) is 75.6 Å². The standard InChI is InChI=1S/C15H20FNO4/c1-9-6-5-7-10(12(9)16)8-11(13(18)19)17-14(20)21-15(2,3)4/h5-7,11H,8H2,1-4H3,(H,17,20)(H,18,19). The van der Waals surface area contributed by atoms with Crippen molar-refractivity contribution in [3.8, 4) is 0 Å². The zero-order valence-corrected chi connectivity index (χ0v) is 12.6. The lowest BCUT2D eigenvalue weighted by molar-refractivity contribution is -0.139. The first-order valence-corrected chi connectivity index (χ1v) is 6.56. The molecular formula is C15H20FNO4. The Hall–Kier alpha value is -2.11. The van der Waals surface area contributed by atoms with Gasteiger partial charge in [0.05, 0.1) is 0 Å². The Balaban J connectivity index is 2.82. The average molecular weight is 297 g/mol. The van der Waals surface area contributed by atoms with Crippen LogP contribution in [0, 0.1) is 12.7 Å². The number of nitrogens with one attached hydrogen (secondary N) is 1. The van der Waals surface area contributed by atoms with Gasteiger partial charge in [-0.15, -0.1) is 0 Å². The third kappa shape index (κ3) is 5.41. The van der Waals surface area contributed by atoms with E-state index >= 15 is 0 Å². The average Bonchev–Trinajstić information content (AvgIpc) is 2.31. The quantitative estimate of drug-likeness (QED) is 0.896. The number of hydrogen-bond acceptors (Lipinski definition) is 3. The van der Waals surface area contributed by atoms with Crippen LogP contribution in [-0.2, 0) is 16.0 Å². The molecule has 0 aliphatic carbocycles. The van der Waals surface area contributed by atoms with Crippen LogP contribution in [-0.4, -0.2) is 28.8 Å². The van der Waals surface area contributed by atoms with E-state index in [0.29, 0.717) is 5.56 Å². The van der Waals surface area contributed by atoms with E-state index < -0.39 is 29.5 Å². The molecule has 1 aromatic carbocycles. The molecule has 0 heterocycles. The van der Waals surface area contributed by atoms with Crippen molar-refractivity contribution >= 4 is 12.1 Å². The summed E-state index contributed by atoms with van der Waals surface area (Å²) in [4.78, 5) is 22.8. The van der Waals surface area contributed by atoms with Gasteiger partial charge in [-0.1, -0.05) is 18.2 Å². The van der Waals surface area contributed by atoms with Crippen LogP contribution in [0.3, 0.4) is 0 Å². The van der Waals surface area contributed by atoms with Gasteiger partial charge in [-0.05, 0) is 38.8 Å². The molecule has 0 saturated heterocycles. The Bertz CT molecular complexity index is 537. The van der Waals surface area contributed by atoms with Crippen LogP contribution in [0.4, 0.5) is 9.18 Å². The summed E-state index contributed by atoms with van der Waals surface area (Å²) in [6.07, 6.45) is -0.995. The maximum absolute atomic E-state index is 13.9. The first-order chi connectivity index (χ1) is 9.60. The van der Waals surface area contributed by atoms with Crippen LogP contribution in [0.2, 0.25) is 0 Å². The molecule has 1 unspecified atom stereocenters. The van der Waals surface area contributed by atoms with Gasteiger partial charge >= 0.3 is 12.1 Å². The third-order valence-electron chi connectivity index (χ3n) is 2.68. The summed E-state index contributed by atoms with van der Waals surface area (Å²) in [5, 5.41) is 11.4. The third-order valence-corrected chi connectivity index (χ3v) is 2.68. The van der Waals surface area contributed by atoms with Crippen LogP contribution in [0.25, 0.3) is 0 Å². The number of amides is 1. The number of ether oxygens (including phenoxy) is 1. The first kappa shape index (κ1) is 16.9. The van der Waals surface area contributed by atoms with E-state index in [1.807, 2.05) is 0 Å². The lowest BCUT2D eigenvalue weighted by Crippen LogP contribution is -2.44. The molecule has 0 aliphatic heterocycles. The number of benzene rings is 1. The van der Waals surface area contributed by atoms with E-state index in [4.69, 9.17) is 9.84 Å². The predicted octanol–water partition coefficient (Wildman–Crippen LogP) is 2.65. The Morgan fingerprint density at radius 2 is 2.00 bits per heavy atom. The van der Waals surface area contributed by atoms with Gasteiger partial charge in [0.15, 0.2) is 0 Å². The molecule has 1 aromatic rings. The number of carboxylic acid groups (broad SMARTS) is 1. The smallest absolute Gasteiger partial charge is 0.408 e. The molecule has 1 atom stereocenters. The Morgan fingerprint density at radius 3 is 2.52 bits per heavy atom. The van der Waals surface area contributed by atoms with Gasteiger partial charge in [-0.3, -0.25) is 0 Å². The molecular weight excluding hydrogens is 277 g/mol. The molecule has 0 aromatic heterocycles. The van der Waals surface area contributed by atoms with Gasteiger partial charge < -0.3 is 15.2 Å². The number of rotatable bonds is 4. The van der Waals surface area contributed by atoms with E-state index in [1.165, 1.54) is 6.07 Å². The predicted molar refractivity (Wildman–Crippen MR) is 75.6 cm³/mol.